The topological polar surface area (TPSA) is 9.23 Å². The Kier molecular flexibility index (Phi) is 4.49. The third kappa shape index (κ3) is 3.48. The van der Waals surface area contributed by atoms with Crippen LogP contribution in [0, 0.1) is 0 Å². The Morgan fingerprint density at radius 2 is 2.00 bits per heavy atom. The van der Waals surface area contributed by atoms with Crippen molar-refractivity contribution < 1.29 is 4.74 Å². The summed E-state index contributed by atoms with van der Waals surface area (Å²) in [7, 11) is 0. The molecule has 0 spiro atoms. The fourth-order valence-electron chi connectivity index (χ4n) is 2.55. The molecule has 1 aromatic rings. The van der Waals surface area contributed by atoms with Gasteiger partial charge in [-0.15, -0.1) is 0 Å². The predicted molar refractivity (Wildman–Crippen MR) is 76.1 cm³/mol. The van der Waals surface area contributed by atoms with Crippen molar-refractivity contribution in [1.82, 2.24) is 0 Å². The fourth-order valence-corrected chi connectivity index (χ4v) is 3.45. The first kappa shape index (κ1) is 12.9. The van der Waals surface area contributed by atoms with Gasteiger partial charge in [-0.1, -0.05) is 40.9 Å². The van der Waals surface area contributed by atoms with E-state index in [9.17, 15) is 0 Å². The molecule has 1 fully saturated rings. The minimum Gasteiger partial charge on any atom is -0.491 e. The second-order valence-electron chi connectivity index (χ2n) is 5.15. The van der Waals surface area contributed by atoms with Crippen molar-refractivity contribution in [3.05, 3.63) is 29.8 Å². The summed E-state index contributed by atoms with van der Waals surface area (Å²) in [4.78, 5) is 0.630. The van der Waals surface area contributed by atoms with Crippen LogP contribution in [0.1, 0.15) is 51.0 Å². The maximum Gasteiger partial charge on any atom is 0.119 e. The average molecular weight is 297 g/mol. The number of hydrogen-bond donors (Lipinski definition) is 0. The molecule has 1 aromatic carbocycles. The Morgan fingerprint density at radius 3 is 2.71 bits per heavy atom. The molecule has 2 unspecified atom stereocenters. The molecule has 94 valence electrons. The number of hydrogen-bond acceptors (Lipinski definition) is 1. The summed E-state index contributed by atoms with van der Waals surface area (Å²) in [5, 5.41) is 0. The lowest BCUT2D eigenvalue weighted by molar-refractivity contribution is 0.242. The quantitative estimate of drug-likeness (QED) is 0.721. The van der Waals surface area contributed by atoms with E-state index >= 15 is 0 Å². The number of alkyl halides is 1. The van der Waals surface area contributed by atoms with Gasteiger partial charge in [0.25, 0.3) is 0 Å². The Balaban J connectivity index is 2.14. The van der Waals surface area contributed by atoms with Crippen LogP contribution in [0.3, 0.4) is 0 Å². The molecule has 0 aromatic heterocycles. The molecule has 1 aliphatic rings. The highest BCUT2D eigenvalue weighted by molar-refractivity contribution is 9.09. The maximum absolute atomic E-state index is 5.77. The summed E-state index contributed by atoms with van der Waals surface area (Å²) in [6.45, 7) is 4.14. The number of benzene rings is 1. The van der Waals surface area contributed by atoms with E-state index in [-0.39, 0.29) is 6.10 Å². The molecule has 1 aliphatic carbocycles. The van der Waals surface area contributed by atoms with Crippen LogP contribution in [0.2, 0.25) is 0 Å². The van der Waals surface area contributed by atoms with Crippen molar-refractivity contribution in [1.29, 1.82) is 0 Å². The third-order valence-corrected chi connectivity index (χ3v) is 4.44. The maximum atomic E-state index is 5.77. The highest BCUT2D eigenvalue weighted by Crippen LogP contribution is 2.38. The van der Waals surface area contributed by atoms with Gasteiger partial charge in [-0.05, 0) is 50.3 Å². The third-order valence-electron chi connectivity index (χ3n) is 3.34. The van der Waals surface area contributed by atoms with E-state index in [0.29, 0.717) is 10.7 Å². The summed E-state index contributed by atoms with van der Waals surface area (Å²) in [5.74, 6) is 1.65. The molecule has 0 amide bonds. The molecule has 2 rings (SSSR count). The molecular weight excluding hydrogens is 276 g/mol. The Labute approximate surface area is 113 Å². The minimum atomic E-state index is 0.247. The van der Waals surface area contributed by atoms with Gasteiger partial charge in [-0.2, -0.15) is 0 Å². The molecule has 1 saturated carbocycles. The molecule has 1 nitrogen and oxygen atoms in total. The largest absolute Gasteiger partial charge is 0.491 e. The van der Waals surface area contributed by atoms with Crippen LogP contribution in [0.5, 0.6) is 5.75 Å². The molecule has 0 aliphatic heterocycles. The van der Waals surface area contributed by atoms with Gasteiger partial charge in [-0.25, -0.2) is 0 Å². The molecule has 0 N–H and O–H groups in total. The summed E-state index contributed by atoms with van der Waals surface area (Å²) in [6, 6.07) is 8.61. The molecular formula is C15H21BrO. The van der Waals surface area contributed by atoms with Gasteiger partial charge in [0.15, 0.2) is 0 Å². The molecule has 0 saturated heterocycles. The van der Waals surface area contributed by atoms with Crippen molar-refractivity contribution in [2.75, 3.05) is 0 Å². The zero-order chi connectivity index (χ0) is 12.3. The Hall–Kier alpha value is -0.500. The van der Waals surface area contributed by atoms with Gasteiger partial charge in [0.1, 0.15) is 5.75 Å². The van der Waals surface area contributed by atoms with Gasteiger partial charge in [-0.3, -0.25) is 0 Å². The number of halogens is 1. The van der Waals surface area contributed by atoms with Gasteiger partial charge in [0.05, 0.1) is 6.10 Å². The van der Waals surface area contributed by atoms with Crippen molar-refractivity contribution >= 4 is 15.9 Å². The lowest BCUT2D eigenvalue weighted by Gasteiger charge is -2.28. The van der Waals surface area contributed by atoms with E-state index in [4.69, 9.17) is 4.74 Å². The van der Waals surface area contributed by atoms with Crippen molar-refractivity contribution in [3.63, 3.8) is 0 Å². The first-order valence-electron chi connectivity index (χ1n) is 6.57. The number of ether oxygens (including phenoxy) is 1. The van der Waals surface area contributed by atoms with Gasteiger partial charge < -0.3 is 4.74 Å². The predicted octanol–water partition coefficient (Wildman–Crippen LogP) is 4.89. The molecule has 0 radical (unpaired) electrons. The van der Waals surface area contributed by atoms with Crippen LogP contribution in [-0.4, -0.2) is 10.9 Å². The normalized spacial score (nSPS) is 24.9. The van der Waals surface area contributed by atoms with Crippen LogP contribution in [0.4, 0.5) is 0 Å². The molecule has 0 heterocycles. The lowest BCUT2D eigenvalue weighted by Crippen LogP contribution is -2.17. The standard InChI is InChI=1S/C15H21BrO/c1-11(2)17-13-7-5-6-12(10-13)14-8-3-4-9-15(14)16/h5-7,10-11,14-15H,3-4,8-9H2,1-2H3. The van der Waals surface area contributed by atoms with Crippen LogP contribution in [0.25, 0.3) is 0 Å². The lowest BCUT2D eigenvalue weighted by atomic mass is 9.84. The second-order valence-corrected chi connectivity index (χ2v) is 6.32. The summed E-state index contributed by atoms with van der Waals surface area (Å²) >= 11 is 3.83. The highest BCUT2D eigenvalue weighted by atomic mass is 79.9. The van der Waals surface area contributed by atoms with Crippen LogP contribution < -0.4 is 4.74 Å². The zero-order valence-electron chi connectivity index (χ0n) is 10.7. The van der Waals surface area contributed by atoms with Crippen LogP contribution >= 0.6 is 15.9 Å². The summed E-state index contributed by atoms with van der Waals surface area (Å²) in [6.07, 6.45) is 5.54. The first-order valence-corrected chi connectivity index (χ1v) is 7.49. The molecule has 17 heavy (non-hydrogen) atoms. The van der Waals surface area contributed by atoms with E-state index in [0.717, 1.165) is 5.75 Å². The van der Waals surface area contributed by atoms with E-state index in [1.165, 1.54) is 31.2 Å². The zero-order valence-corrected chi connectivity index (χ0v) is 12.2. The van der Waals surface area contributed by atoms with Crippen LogP contribution in [-0.2, 0) is 0 Å². The van der Waals surface area contributed by atoms with E-state index in [1.54, 1.807) is 0 Å². The van der Waals surface area contributed by atoms with Crippen molar-refractivity contribution in [2.45, 2.75) is 56.4 Å². The van der Waals surface area contributed by atoms with Gasteiger partial charge >= 0.3 is 0 Å². The first-order chi connectivity index (χ1) is 8.16. The monoisotopic (exact) mass is 296 g/mol. The molecule has 2 heteroatoms. The van der Waals surface area contributed by atoms with E-state index < -0.39 is 0 Å². The SMILES string of the molecule is CC(C)Oc1cccc(C2CCCCC2Br)c1. The van der Waals surface area contributed by atoms with E-state index in [2.05, 4.69) is 54.0 Å². The van der Waals surface area contributed by atoms with Crippen molar-refractivity contribution in [3.8, 4) is 5.75 Å². The smallest absolute Gasteiger partial charge is 0.119 e. The Morgan fingerprint density at radius 1 is 1.24 bits per heavy atom. The fraction of sp³-hybridized carbons (Fsp3) is 0.600. The van der Waals surface area contributed by atoms with Gasteiger partial charge in [0, 0.05) is 4.83 Å². The molecule has 2 atom stereocenters. The average Bonchev–Trinajstić information content (AvgIpc) is 2.29. The van der Waals surface area contributed by atoms with Gasteiger partial charge in [0.2, 0.25) is 0 Å². The summed E-state index contributed by atoms with van der Waals surface area (Å²) < 4.78 is 5.77. The van der Waals surface area contributed by atoms with Crippen LogP contribution in [0.15, 0.2) is 24.3 Å². The Bertz CT molecular complexity index is 362. The summed E-state index contributed by atoms with van der Waals surface area (Å²) in [5.41, 5.74) is 1.42. The second kappa shape index (κ2) is 5.90. The number of rotatable bonds is 3. The van der Waals surface area contributed by atoms with E-state index in [1.807, 2.05) is 0 Å². The highest BCUT2D eigenvalue weighted by Gasteiger charge is 2.24. The van der Waals surface area contributed by atoms with Crippen molar-refractivity contribution in [2.24, 2.45) is 0 Å². The molecule has 0 bridgehead atoms. The minimum absolute atomic E-state index is 0.247.